The van der Waals surface area contributed by atoms with Crippen LogP contribution < -0.4 is 0 Å². The van der Waals surface area contributed by atoms with Crippen LogP contribution in [0.1, 0.15) is 22.6 Å². The molecule has 1 heterocycles. The van der Waals surface area contributed by atoms with Crippen LogP contribution in [0.4, 0.5) is 0 Å². The van der Waals surface area contributed by atoms with Crippen molar-refractivity contribution >= 4 is 0 Å². The van der Waals surface area contributed by atoms with Gasteiger partial charge in [0.15, 0.2) is 0 Å². The first-order valence-electron chi connectivity index (χ1n) is 4.93. The Morgan fingerprint density at radius 3 is 2.62 bits per heavy atom. The Morgan fingerprint density at radius 1 is 1.25 bits per heavy atom. The number of aryl methyl sites for hydroxylation is 1. The molecule has 0 atom stereocenters. The molecule has 80 valence electrons. The first-order valence-corrected chi connectivity index (χ1v) is 4.93. The standard InChI is InChI=1S/C13H11NO2/c1-10-2-4-11(5-3-10)6-7-13-8-12(9-15)14-16-13/h2-5,8,15H,9H2,1H3. The summed E-state index contributed by atoms with van der Waals surface area (Å²) in [6, 6.07) is 9.53. The lowest BCUT2D eigenvalue weighted by Crippen LogP contribution is -1.78. The Kier molecular flexibility index (Phi) is 3.04. The van der Waals surface area contributed by atoms with E-state index in [1.165, 1.54) is 5.56 Å². The van der Waals surface area contributed by atoms with Gasteiger partial charge in [0.25, 0.3) is 0 Å². The Morgan fingerprint density at radius 2 is 2.00 bits per heavy atom. The lowest BCUT2D eigenvalue weighted by molar-refractivity contribution is 0.266. The third-order valence-corrected chi connectivity index (χ3v) is 2.10. The van der Waals surface area contributed by atoms with Crippen molar-refractivity contribution in [2.45, 2.75) is 13.5 Å². The van der Waals surface area contributed by atoms with E-state index in [0.29, 0.717) is 11.5 Å². The van der Waals surface area contributed by atoms with Crippen molar-refractivity contribution in [2.24, 2.45) is 0 Å². The van der Waals surface area contributed by atoms with E-state index >= 15 is 0 Å². The van der Waals surface area contributed by atoms with Crippen molar-refractivity contribution in [3.8, 4) is 11.8 Å². The number of hydrogen-bond donors (Lipinski definition) is 1. The Labute approximate surface area is 93.7 Å². The molecule has 2 aromatic rings. The van der Waals surface area contributed by atoms with Crippen LogP contribution in [-0.4, -0.2) is 10.3 Å². The summed E-state index contributed by atoms with van der Waals surface area (Å²) in [5, 5.41) is 12.4. The van der Waals surface area contributed by atoms with Crippen LogP contribution in [0.15, 0.2) is 34.9 Å². The Hall–Kier alpha value is -2.05. The first-order chi connectivity index (χ1) is 7.78. The van der Waals surface area contributed by atoms with Crippen molar-refractivity contribution in [1.82, 2.24) is 5.16 Å². The third-order valence-electron chi connectivity index (χ3n) is 2.10. The summed E-state index contributed by atoms with van der Waals surface area (Å²) in [4.78, 5) is 0. The van der Waals surface area contributed by atoms with Gasteiger partial charge in [0.05, 0.1) is 6.61 Å². The lowest BCUT2D eigenvalue weighted by atomic mass is 10.1. The predicted octanol–water partition coefficient (Wildman–Crippen LogP) is 1.88. The number of nitrogens with zero attached hydrogens (tertiary/aromatic N) is 1. The zero-order valence-electron chi connectivity index (χ0n) is 8.90. The summed E-state index contributed by atoms with van der Waals surface area (Å²) in [5.74, 6) is 6.27. The summed E-state index contributed by atoms with van der Waals surface area (Å²) in [6.07, 6.45) is 0. The molecular formula is C13H11NO2. The minimum atomic E-state index is -0.129. The maximum atomic E-state index is 8.80. The van der Waals surface area contributed by atoms with Gasteiger partial charge in [0, 0.05) is 11.6 Å². The predicted molar refractivity (Wildman–Crippen MR) is 59.6 cm³/mol. The van der Waals surface area contributed by atoms with Crippen molar-refractivity contribution in [3.63, 3.8) is 0 Å². The Bertz CT molecular complexity index is 529. The monoisotopic (exact) mass is 213 g/mol. The van der Waals surface area contributed by atoms with Crippen molar-refractivity contribution in [1.29, 1.82) is 0 Å². The highest BCUT2D eigenvalue weighted by molar-refractivity contribution is 5.40. The molecule has 0 radical (unpaired) electrons. The van der Waals surface area contributed by atoms with E-state index in [-0.39, 0.29) is 6.61 Å². The van der Waals surface area contributed by atoms with Gasteiger partial charge in [0.1, 0.15) is 5.69 Å². The molecule has 0 bridgehead atoms. The highest BCUT2D eigenvalue weighted by Crippen LogP contribution is 2.04. The van der Waals surface area contributed by atoms with Gasteiger partial charge in [-0.15, -0.1) is 0 Å². The average Bonchev–Trinajstić information content (AvgIpc) is 2.76. The highest BCUT2D eigenvalue weighted by atomic mass is 16.5. The van der Waals surface area contributed by atoms with E-state index in [0.717, 1.165) is 5.56 Å². The van der Waals surface area contributed by atoms with Gasteiger partial charge in [-0.1, -0.05) is 28.8 Å². The summed E-state index contributed by atoms with van der Waals surface area (Å²) >= 11 is 0. The topological polar surface area (TPSA) is 46.3 Å². The third kappa shape index (κ3) is 2.50. The second-order valence-electron chi connectivity index (χ2n) is 3.46. The first kappa shape index (κ1) is 10.5. The molecule has 0 saturated carbocycles. The molecule has 0 aliphatic carbocycles. The van der Waals surface area contributed by atoms with Crippen LogP contribution in [0.25, 0.3) is 0 Å². The van der Waals surface area contributed by atoms with E-state index in [1.807, 2.05) is 31.2 Å². The van der Waals surface area contributed by atoms with Gasteiger partial charge in [-0.05, 0) is 25.0 Å². The fourth-order valence-electron chi connectivity index (χ4n) is 1.22. The summed E-state index contributed by atoms with van der Waals surface area (Å²) in [6.45, 7) is 1.90. The van der Waals surface area contributed by atoms with Crippen LogP contribution in [0.2, 0.25) is 0 Å². The minimum Gasteiger partial charge on any atom is -0.390 e. The number of aliphatic hydroxyl groups is 1. The number of benzene rings is 1. The summed E-state index contributed by atoms with van der Waals surface area (Å²) in [7, 11) is 0. The maximum absolute atomic E-state index is 8.80. The lowest BCUT2D eigenvalue weighted by Gasteiger charge is -1.90. The molecule has 0 saturated heterocycles. The molecule has 0 fully saturated rings. The molecule has 1 N–H and O–H groups in total. The highest BCUT2D eigenvalue weighted by Gasteiger charge is 1.98. The number of aliphatic hydroxyl groups excluding tert-OH is 1. The van der Waals surface area contributed by atoms with E-state index in [1.54, 1.807) is 6.07 Å². The Balaban J connectivity index is 2.18. The van der Waals surface area contributed by atoms with Crippen LogP contribution in [0.3, 0.4) is 0 Å². The number of aromatic nitrogens is 1. The molecule has 0 spiro atoms. The summed E-state index contributed by atoms with van der Waals surface area (Å²) < 4.78 is 4.92. The van der Waals surface area contributed by atoms with E-state index in [2.05, 4.69) is 17.0 Å². The second-order valence-corrected chi connectivity index (χ2v) is 3.46. The van der Waals surface area contributed by atoms with E-state index in [9.17, 15) is 0 Å². The van der Waals surface area contributed by atoms with Gasteiger partial charge in [-0.25, -0.2) is 0 Å². The van der Waals surface area contributed by atoms with Gasteiger partial charge in [0.2, 0.25) is 5.76 Å². The van der Waals surface area contributed by atoms with Gasteiger partial charge in [-0.3, -0.25) is 0 Å². The number of hydrogen-bond acceptors (Lipinski definition) is 3. The molecule has 1 aromatic carbocycles. The van der Waals surface area contributed by atoms with E-state index in [4.69, 9.17) is 9.63 Å². The van der Waals surface area contributed by atoms with Crippen LogP contribution in [-0.2, 0) is 6.61 Å². The van der Waals surface area contributed by atoms with Gasteiger partial charge < -0.3 is 9.63 Å². The fraction of sp³-hybridized carbons (Fsp3) is 0.154. The molecule has 3 nitrogen and oxygen atoms in total. The molecule has 2 rings (SSSR count). The molecule has 0 aliphatic rings. The van der Waals surface area contributed by atoms with Crippen molar-refractivity contribution in [3.05, 3.63) is 52.9 Å². The minimum absolute atomic E-state index is 0.129. The van der Waals surface area contributed by atoms with Crippen LogP contribution in [0.5, 0.6) is 0 Å². The summed E-state index contributed by atoms with van der Waals surface area (Å²) in [5.41, 5.74) is 2.62. The van der Waals surface area contributed by atoms with Crippen LogP contribution >= 0.6 is 0 Å². The number of rotatable bonds is 1. The molecule has 16 heavy (non-hydrogen) atoms. The molecule has 0 aliphatic heterocycles. The van der Waals surface area contributed by atoms with Crippen molar-refractivity contribution < 1.29 is 9.63 Å². The molecule has 1 aromatic heterocycles. The average molecular weight is 213 g/mol. The zero-order chi connectivity index (χ0) is 11.4. The van der Waals surface area contributed by atoms with E-state index < -0.39 is 0 Å². The zero-order valence-corrected chi connectivity index (χ0v) is 8.90. The second kappa shape index (κ2) is 4.65. The van der Waals surface area contributed by atoms with Gasteiger partial charge >= 0.3 is 0 Å². The molecular weight excluding hydrogens is 202 g/mol. The van der Waals surface area contributed by atoms with Crippen molar-refractivity contribution in [2.75, 3.05) is 0 Å². The largest absolute Gasteiger partial charge is 0.390 e. The molecule has 0 unspecified atom stereocenters. The molecule has 0 amide bonds. The fourth-order valence-corrected chi connectivity index (χ4v) is 1.22. The maximum Gasteiger partial charge on any atom is 0.210 e. The van der Waals surface area contributed by atoms with Crippen LogP contribution in [0, 0.1) is 18.8 Å². The smallest absolute Gasteiger partial charge is 0.210 e. The quantitative estimate of drug-likeness (QED) is 0.735. The SMILES string of the molecule is Cc1ccc(C#Cc2cc(CO)no2)cc1. The van der Waals surface area contributed by atoms with Gasteiger partial charge in [-0.2, -0.15) is 0 Å². The normalized spacial score (nSPS) is 9.62. The molecule has 3 heteroatoms.